The summed E-state index contributed by atoms with van der Waals surface area (Å²) in [6.45, 7) is 7.46. The Hall–Kier alpha value is -0.870. The number of nitrogens with two attached hydrogens (primary N) is 1. The quantitative estimate of drug-likeness (QED) is 0.811. The number of piperidine rings is 1. The number of nitrogens with one attached hydrogen (secondary N) is 1. The lowest BCUT2D eigenvalue weighted by molar-refractivity contribution is 0.178. The summed E-state index contributed by atoms with van der Waals surface area (Å²) in [6, 6.07) is 0. The minimum absolute atomic E-state index is 0.0825. The normalized spacial score (nSPS) is 20.2. The molecule has 1 aliphatic rings. The van der Waals surface area contributed by atoms with Gasteiger partial charge >= 0.3 is 0 Å². The molecule has 0 bridgehead atoms. The Morgan fingerprint density at radius 2 is 2.19 bits per heavy atom. The molecule has 3 N–H and O–H groups in total. The van der Waals surface area contributed by atoms with Crippen LogP contribution in [0.25, 0.3) is 0 Å². The summed E-state index contributed by atoms with van der Waals surface area (Å²) in [5, 5.41) is 0. The Morgan fingerprint density at radius 3 is 2.69 bits per heavy atom. The maximum absolute atomic E-state index is 6.04. The Kier molecular flexibility index (Phi) is 3.30. The van der Waals surface area contributed by atoms with E-state index in [0.717, 1.165) is 19.6 Å². The van der Waals surface area contributed by atoms with Crippen molar-refractivity contribution >= 4 is 0 Å². The van der Waals surface area contributed by atoms with Crippen molar-refractivity contribution in [1.29, 1.82) is 0 Å². The SMILES string of the molecule is CC(C)(N)CN1CCC(c2cnc[nH]2)CC1. The summed E-state index contributed by atoms with van der Waals surface area (Å²) in [7, 11) is 0. The zero-order valence-electron chi connectivity index (χ0n) is 10.2. The molecule has 1 fully saturated rings. The van der Waals surface area contributed by atoms with E-state index in [2.05, 4.69) is 28.7 Å². The first-order valence-corrected chi connectivity index (χ1v) is 6.04. The average Bonchev–Trinajstić information content (AvgIpc) is 2.69. The van der Waals surface area contributed by atoms with Crippen molar-refractivity contribution in [2.75, 3.05) is 19.6 Å². The molecule has 0 unspecified atom stereocenters. The summed E-state index contributed by atoms with van der Waals surface area (Å²) >= 11 is 0. The van der Waals surface area contributed by atoms with Crippen molar-refractivity contribution in [3.8, 4) is 0 Å². The molecule has 0 spiro atoms. The summed E-state index contributed by atoms with van der Waals surface area (Å²) < 4.78 is 0. The molecule has 0 aliphatic carbocycles. The van der Waals surface area contributed by atoms with Gasteiger partial charge in [0.15, 0.2) is 0 Å². The Balaban J connectivity index is 1.83. The number of hydrogen-bond acceptors (Lipinski definition) is 3. The van der Waals surface area contributed by atoms with Crippen LogP contribution in [0.1, 0.15) is 38.3 Å². The van der Waals surface area contributed by atoms with Gasteiger partial charge in [0, 0.05) is 29.9 Å². The summed E-state index contributed by atoms with van der Waals surface area (Å²) in [5.74, 6) is 0.652. The molecule has 0 atom stereocenters. The van der Waals surface area contributed by atoms with Crippen LogP contribution in [0.5, 0.6) is 0 Å². The van der Waals surface area contributed by atoms with Crippen LogP contribution in [0.3, 0.4) is 0 Å². The van der Waals surface area contributed by atoms with Gasteiger partial charge in [-0.1, -0.05) is 0 Å². The van der Waals surface area contributed by atoms with Gasteiger partial charge in [0.2, 0.25) is 0 Å². The Labute approximate surface area is 97.2 Å². The van der Waals surface area contributed by atoms with Gasteiger partial charge in [-0.15, -0.1) is 0 Å². The number of hydrogen-bond donors (Lipinski definition) is 2. The van der Waals surface area contributed by atoms with Crippen LogP contribution in [0.15, 0.2) is 12.5 Å². The highest BCUT2D eigenvalue weighted by Gasteiger charge is 2.24. The lowest BCUT2D eigenvalue weighted by atomic mass is 9.93. The van der Waals surface area contributed by atoms with E-state index in [1.54, 1.807) is 6.33 Å². The van der Waals surface area contributed by atoms with Gasteiger partial charge in [0.1, 0.15) is 0 Å². The highest BCUT2D eigenvalue weighted by atomic mass is 15.1. The molecular weight excluding hydrogens is 200 g/mol. The Bertz CT molecular complexity index is 304. The van der Waals surface area contributed by atoms with Gasteiger partial charge in [-0.25, -0.2) is 4.98 Å². The van der Waals surface area contributed by atoms with Crippen LogP contribution >= 0.6 is 0 Å². The standard InChI is InChI=1S/C12H22N4/c1-12(2,13)8-16-5-3-10(4-6-16)11-7-14-9-15-11/h7,9-10H,3-6,8,13H2,1-2H3,(H,14,15). The predicted octanol–water partition coefficient (Wildman–Crippen LogP) is 1.33. The van der Waals surface area contributed by atoms with Gasteiger partial charge in [-0.3, -0.25) is 0 Å². The largest absolute Gasteiger partial charge is 0.348 e. The highest BCUT2D eigenvalue weighted by molar-refractivity contribution is 5.05. The third kappa shape index (κ3) is 3.06. The molecule has 4 nitrogen and oxygen atoms in total. The molecule has 4 heteroatoms. The van der Waals surface area contributed by atoms with Crippen LogP contribution < -0.4 is 5.73 Å². The number of nitrogens with zero attached hydrogens (tertiary/aromatic N) is 2. The maximum atomic E-state index is 6.04. The van der Waals surface area contributed by atoms with E-state index in [-0.39, 0.29) is 5.54 Å². The fourth-order valence-electron chi connectivity index (χ4n) is 2.47. The number of aromatic nitrogens is 2. The summed E-state index contributed by atoms with van der Waals surface area (Å²) in [5.41, 5.74) is 7.24. The van der Waals surface area contributed by atoms with E-state index < -0.39 is 0 Å². The van der Waals surface area contributed by atoms with E-state index in [1.807, 2.05) is 6.20 Å². The zero-order valence-corrected chi connectivity index (χ0v) is 10.2. The van der Waals surface area contributed by atoms with Gasteiger partial charge in [0.05, 0.1) is 6.33 Å². The van der Waals surface area contributed by atoms with Crippen LogP contribution in [0.2, 0.25) is 0 Å². The molecule has 90 valence electrons. The Morgan fingerprint density at radius 1 is 1.50 bits per heavy atom. The molecule has 2 heterocycles. The minimum Gasteiger partial charge on any atom is -0.348 e. The molecule has 2 rings (SSSR count). The molecular formula is C12H22N4. The number of likely N-dealkylation sites (tertiary alicyclic amines) is 1. The number of H-pyrrole nitrogens is 1. The van der Waals surface area contributed by atoms with Gasteiger partial charge < -0.3 is 15.6 Å². The molecule has 1 aromatic rings. The highest BCUT2D eigenvalue weighted by Crippen LogP contribution is 2.26. The fraction of sp³-hybridized carbons (Fsp3) is 0.750. The topological polar surface area (TPSA) is 57.9 Å². The first kappa shape index (κ1) is 11.6. The molecule has 16 heavy (non-hydrogen) atoms. The van der Waals surface area contributed by atoms with E-state index in [0.29, 0.717) is 5.92 Å². The van der Waals surface area contributed by atoms with E-state index in [1.165, 1.54) is 18.5 Å². The third-order valence-electron chi connectivity index (χ3n) is 3.18. The molecule has 0 aromatic carbocycles. The molecule has 0 amide bonds. The van der Waals surface area contributed by atoms with Crippen molar-refractivity contribution in [3.63, 3.8) is 0 Å². The maximum Gasteiger partial charge on any atom is 0.0921 e. The molecule has 1 saturated heterocycles. The van der Waals surface area contributed by atoms with Gasteiger partial charge in [-0.2, -0.15) is 0 Å². The first-order valence-electron chi connectivity index (χ1n) is 6.04. The smallest absolute Gasteiger partial charge is 0.0921 e. The lowest BCUT2D eigenvalue weighted by Gasteiger charge is -2.35. The van der Waals surface area contributed by atoms with Crippen LogP contribution in [-0.4, -0.2) is 40.0 Å². The van der Waals surface area contributed by atoms with Crippen LogP contribution in [-0.2, 0) is 0 Å². The average molecular weight is 222 g/mol. The number of rotatable bonds is 3. The van der Waals surface area contributed by atoms with Crippen LogP contribution in [0, 0.1) is 0 Å². The lowest BCUT2D eigenvalue weighted by Crippen LogP contribution is -2.47. The molecule has 0 radical (unpaired) electrons. The number of imidazole rings is 1. The van der Waals surface area contributed by atoms with Gasteiger partial charge in [0.25, 0.3) is 0 Å². The van der Waals surface area contributed by atoms with E-state index in [9.17, 15) is 0 Å². The second-order valence-corrected chi connectivity index (χ2v) is 5.55. The van der Waals surface area contributed by atoms with Crippen molar-refractivity contribution < 1.29 is 0 Å². The predicted molar refractivity (Wildman–Crippen MR) is 65.3 cm³/mol. The molecule has 1 aliphatic heterocycles. The van der Waals surface area contributed by atoms with Crippen molar-refractivity contribution in [2.45, 2.75) is 38.1 Å². The van der Waals surface area contributed by atoms with Crippen molar-refractivity contribution in [2.24, 2.45) is 5.73 Å². The fourth-order valence-corrected chi connectivity index (χ4v) is 2.47. The van der Waals surface area contributed by atoms with Gasteiger partial charge in [-0.05, 0) is 39.8 Å². The summed E-state index contributed by atoms with van der Waals surface area (Å²) in [4.78, 5) is 9.77. The second-order valence-electron chi connectivity index (χ2n) is 5.55. The van der Waals surface area contributed by atoms with Crippen LogP contribution in [0.4, 0.5) is 0 Å². The minimum atomic E-state index is -0.0825. The van der Waals surface area contributed by atoms with Crippen molar-refractivity contribution in [3.05, 3.63) is 18.2 Å². The third-order valence-corrected chi connectivity index (χ3v) is 3.18. The first-order chi connectivity index (χ1) is 7.54. The zero-order chi connectivity index (χ0) is 11.6. The molecule has 0 saturated carbocycles. The summed E-state index contributed by atoms with van der Waals surface area (Å²) in [6.07, 6.45) is 6.13. The van der Waals surface area contributed by atoms with Crippen molar-refractivity contribution in [1.82, 2.24) is 14.9 Å². The second kappa shape index (κ2) is 4.55. The van der Waals surface area contributed by atoms with E-state index >= 15 is 0 Å². The number of aromatic amines is 1. The monoisotopic (exact) mass is 222 g/mol. The van der Waals surface area contributed by atoms with E-state index in [4.69, 9.17) is 5.73 Å². The molecule has 1 aromatic heterocycles.